The predicted molar refractivity (Wildman–Crippen MR) is 69.7 cm³/mol. The van der Waals surface area contributed by atoms with Crippen LogP contribution in [0.3, 0.4) is 0 Å². The van der Waals surface area contributed by atoms with Crippen LogP contribution in [0, 0.1) is 5.92 Å². The first-order chi connectivity index (χ1) is 7.39. The SMILES string of the molecule is CC(C)(C)NCC1CCN(C2(C)CCC2)C1. The first kappa shape index (κ1) is 12.4. The van der Waals surface area contributed by atoms with Crippen molar-refractivity contribution in [2.45, 2.75) is 64.5 Å². The van der Waals surface area contributed by atoms with Crippen molar-refractivity contribution in [3.8, 4) is 0 Å². The fraction of sp³-hybridized carbons (Fsp3) is 1.00. The Balaban J connectivity index is 1.75. The minimum atomic E-state index is 0.272. The van der Waals surface area contributed by atoms with Crippen LogP contribution in [-0.2, 0) is 0 Å². The lowest BCUT2D eigenvalue weighted by molar-refractivity contribution is 0.0506. The molecule has 2 rings (SSSR count). The molecule has 0 amide bonds. The number of nitrogens with one attached hydrogen (secondary N) is 1. The highest BCUT2D eigenvalue weighted by Gasteiger charge is 2.40. The number of hydrogen-bond donors (Lipinski definition) is 1. The van der Waals surface area contributed by atoms with Crippen molar-refractivity contribution in [2.24, 2.45) is 5.92 Å². The van der Waals surface area contributed by atoms with Gasteiger partial charge in [-0.2, -0.15) is 0 Å². The maximum atomic E-state index is 3.65. The van der Waals surface area contributed by atoms with E-state index in [0.717, 1.165) is 5.92 Å². The molecule has 0 aromatic carbocycles. The van der Waals surface area contributed by atoms with E-state index < -0.39 is 0 Å². The van der Waals surface area contributed by atoms with Gasteiger partial charge in [0.25, 0.3) is 0 Å². The minimum Gasteiger partial charge on any atom is -0.312 e. The van der Waals surface area contributed by atoms with Crippen LogP contribution >= 0.6 is 0 Å². The van der Waals surface area contributed by atoms with E-state index in [0.29, 0.717) is 5.54 Å². The first-order valence-corrected chi connectivity index (χ1v) is 6.89. The molecule has 0 radical (unpaired) electrons. The number of hydrogen-bond acceptors (Lipinski definition) is 2. The maximum absolute atomic E-state index is 3.65. The van der Waals surface area contributed by atoms with Crippen molar-refractivity contribution in [2.75, 3.05) is 19.6 Å². The smallest absolute Gasteiger partial charge is 0.0181 e. The summed E-state index contributed by atoms with van der Waals surface area (Å²) in [6, 6.07) is 0. The first-order valence-electron chi connectivity index (χ1n) is 6.89. The van der Waals surface area contributed by atoms with Gasteiger partial charge in [-0.3, -0.25) is 4.90 Å². The van der Waals surface area contributed by atoms with Gasteiger partial charge in [0.15, 0.2) is 0 Å². The molecule has 16 heavy (non-hydrogen) atoms. The fourth-order valence-electron chi connectivity index (χ4n) is 2.94. The van der Waals surface area contributed by atoms with Gasteiger partial charge in [0.2, 0.25) is 0 Å². The van der Waals surface area contributed by atoms with Gasteiger partial charge in [0, 0.05) is 17.6 Å². The summed E-state index contributed by atoms with van der Waals surface area (Å²) in [4.78, 5) is 2.74. The molecule has 1 saturated heterocycles. The lowest BCUT2D eigenvalue weighted by Gasteiger charge is -2.46. The topological polar surface area (TPSA) is 15.3 Å². The molecule has 0 aromatic rings. The van der Waals surface area contributed by atoms with Crippen molar-refractivity contribution in [1.82, 2.24) is 10.2 Å². The second-order valence-corrected chi connectivity index (χ2v) is 7.08. The Kier molecular flexibility index (Phi) is 3.33. The summed E-state index contributed by atoms with van der Waals surface area (Å²) < 4.78 is 0. The van der Waals surface area contributed by atoms with E-state index in [1.165, 1.54) is 45.3 Å². The lowest BCUT2D eigenvalue weighted by atomic mass is 9.77. The summed E-state index contributed by atoms with van der Waals surface area (Å²) in [7, 11) is 0. The minimum absolute atomic E-state index is 0.272. The molecule has 0 spiro atoms. The van der Waals surface area contributed by atoms with Gasteiger partial charge >= 0.3 is 0 Å². The van der Waals surface area contributed by atoms with Crippen LogP contribution in [0.5, 0.6) is 0 Å². The molecule has 1 unspecified atom stereocenters. The number of rotatable bonds is 3. The van der Waals surface area contributed by atoms with Gasteiger partial charge in [-0.15, -0.1) is 0 Å². The van der Waals surface area contributed by atoms with Crippen molar-refractivity contribution >= 4 is 0 Å². The molecule has 0 aromatic heterocycles. The summed E-state index contributed by atoms with van der Waals surface area (Å²) in [6.07, 6.45) is 5.68. The molecule has 2 nitrogen and oxygen atoms in total. The van der Waals surface area contributed by atoms with Crippen LogP contribution in [0.1, 0.15) is 53.4 Å². The Labute approximate surface area is 101 Å². The molecule has 94 valence electrons. The van der Waals surface area contributed by atoms with Crippen molar-refractivity contribution in [1.29, 1.82) is 0 Å². The summed E-state index contributed by atoms with van der Waals surface area (Å²) in [5.41, 5.74) is 0.838. The molecule has 0 bridgehead atoms. The average Bonchev–Trinajstić information content (AvgIpc) is 2.58. The van der Waals surface area contributed by atoms with Crippen LogP contribution in [-0.4, -0.2) is 35.6 Å². The molecule has 1 aliphatic carbocycles. The van der Waals surface area contributed by atoms with E-state index in [-0.39, 0.29) is 5.54 Å². The largest absolute Gasteiger partial charge is 0.312 e. The van der Waals surface area contributed by atoms with E-state index in [9.17, 15) is 0 Å². The van der Waals surface area contributed by atoms with Crippen molar-refractivity contribution < 1.29 is 0 Å². The Hall–Kier alpha value is -0.0800. The van der Waals surface area contributed by atoms with Gasteiger partial charge in [-0.05, 0) is 72.4 Å². The maximum Gasteiger partial charge on any atom is 0.0181 e. The van der Waals surface area contributed by atoms with Crippen LogP contribution in [0.25, 0.3) is 0 Å². The van der Waals surface area contributed by atoms with Gasteiger partial charge in [0.1, 0.15) is 0 Å². The summed E-state index contributed by atoms with van der Waals surface area (Å²) in [5.74, 6) is 0.872. The molecule has 1 heterocycles. The van der Waals surface area contributed by atoms with E-state index in [4.69, 9.17) is 0 Å². The Morgan fingerprint density at radius 2 is 2.00 bits per heavy atom. The average molecular weight is 224 g/mol. The predicted octanol–water partition coefficient (Wildman–Crippen LogP) is 2.64. The van der Waals surface area contributed by atoms with E-state index >= 15 is 0 Å². The lowest BCUT2D eigenvalue weighted by Crippen LogP contribution is -2.50. The third-order valence-electron chi connectivity index (χ3n) is 4.40. The molecule has 1 atom stereocenters. The molecule has 2 fully saturated rings. The summed E-state index contributed by atoms with van der Waals surface area (Å²) in [6.45, 7) is 13.1. The standard InChI is InChI=1S/C14H28N2/c1-13(2,3)15-10-12-6-9-16(11-12)14(4)7-5-8-14/h12,15H,5-11H2,1-4H3. The van der Waals surface area contributed by atoms with Crippen molar-refractivity contribution in [3.63, 3.8) is 0 Å². The molecule has 2 heteroatoms. The Morgan fingerprint density at radius 1 is 1.31 bits per heavy atom. The highest BCUT2D eigenvalue weighted by atomic mass is 15.2. The van der Waals surface area contributed by atoms with Crippen molar-refractivity contribution in [3.05, 3.63) is 0 Å². The Morgan fingerprint density at radius 3 is 2.50 bits per heavy atom. The molecular weight excluding hydrogens is 196 g/mol. The molecule has 2 aliphatic rings. The molecule has 1 aliphatic heterocycles. The monoisotopic (exact) mass is 224 g/mol. The zero-order valence-corrected chi connectivity index (χ0v) is 11.5. The molecule has 1 saturated carbocycles. The normalized spacial score (nSPS) is 30.4. The molecular formula is C14H28N2. The number of likely N-dealkylation sites (tertiary alicyclic amines) is 1. The zero-order valence-electron chi connectivity index (χ0n) is 11.5. The number of nitrogens with zero attached hydrogens (tertiary/aromatic N) is 1. The van der Waals surface area contributed by atoms with E-state index in [2.05, 4.69) is 37.9 Å². The van der Waals surface area contributed by atoms with Crippen LogP contribution < -0.4 is 5.32 Å². The van der Waals surface area contributed by atoms with Crippen LogP contribution in [0.4, 0.5) is 0 Å². The summed E-state index contributed by atoms with van der Waals surface area (Å²) >= 11 is 0. The second kappa shape index (κ2) is 4.30. The van der Waals surface area contributed by atoms with Gasteiger partial charge in [-0.25, -0.2) is 0 Å². The van der Waals surface area contributed by atoms with Gasteiger partial charge in [0.05, 0.1) is 0 Å². The fourth-order valence-corrected chi connectivity index (χ4v) is 2.94. The second-order valence-electron chi connectivity index (χ2n) is 7.08. The highest BCUT2D eigenvalue weighted by molar-refractivity contribution is 4.97. The van der Waals surface area contributed by atoms with E-state index in [1.54, 1.807) is 0 Å². The summed E-state index contributed by atoms with van der Waals surface area (Å²) in [5, 5.41) is 3.65. The third-order valence-corrected chi connectivity index (χ3v) is 4.40. The highest BCUT2D eigenvalue weighted by Crippen LogP contribution is 2.39. The van der Waals surface area contributed by atoms with Crippen LogP contribution in [0.2, 0.25) is 0 Å². The van der Waals surface area contributed by atoms with Gasteiger partial charge in [-0.1, -0.05) is 0 Å². The van der Waals surface area contributed by atoms with E-state index in [1.807, 2.05) is 0 Å². The third kappa shape index (κ3) is 2.78. The Bertz CT molecular complexity index is 238. The van der Waals surface area contributed by atoms with Gasteiger partial charge < -0.3 is 5.32 Å². The van der Waals surface area contributed by atoms with Crippen LogP contribution in [0.15, 0.2) is 0 Å². The molecule has 1 N–H and O–H groups in total. The zero-order chi connectivity index (χ0) is 11.8. The quantitative estimate of drug-likeness (QED) is 0.793.